The number of ether oxygens (including phenoxy) is 1. The number of rotatable bonds is 3. The summed E-state index contributed by atoms with van der Waals surface area (Å²) in [4.78, 5) is 17.8. The van der Waals surface area contributed by atoms with Crippen LogP contribution >= 0.6 is 0 Å². The van der Waals surface area contributed by atoms with Crippen LogP contribution in [0.15, 0.2) is 77.8 Å². The molecule has 1 amide bonds. The van der Waals surface area contributed by atoms with Gasteiger partial charge < -0.3 is 15.6 Å². The van der Waals surface area contributed by atoms with Crippen LogP contribution < -0.4 is 15.8 Å². The molecule has 0 aromatic heterocycles. The number of carbonyl (C=O) groups excluding carboxylic acids is 1. The van der Waals surface area contributed by atoms with E-state index in [0.717, 1.165) is 22.3 Å². The first-order valence-electron chi connectivity index (χ1n) is 10.2. The molecule has 2 aliphatic heterocycles. The first kappa shape index (κ1) is 19.3. The van der Waals surface area contributed by atoms with Crippen molar-refractivity contribution in [3.8, 4) is 16.9 Å². The van der Waals surface area contributed by atoms with E-state index in [1.807, 2.05) is 79.7 Å². The number of nitrogens with zero attached hydrogens (tertiary/aromatic N) is 1. The summed E-state index contributed by atoms with van der Waals surface area (Å²) in [6.07, 6.45) is 0.330. The standard InChI is InChI=1S/C25H23N3O3/c1-24(19-5-3-2-4-6-19)15-25(22(30)27-23(26)28-25)20-13-18(11-12-21(20)31-24)17-9-7-16(14-29)8-10-17/h2-13,29H,14-15H2,1H3,(H3,26,27,28,30)/t24-,25?/m1/s1. The summed E-state index contributed by atoms with van der Waals surface area (Å²) in [5.41, 5.74) is 8.45. The maximum Gasteiger partial charge on any atom is 0.259 e. The maximum absolute atomic E-state index is 13.2. The number of hydrogen-bond acceptors (Lipinski definition) is 5. The van der Waals surface area contributed by atoms with Crippen LogP contribution in [0.25, 0.3) is 11.1 Å². The second kappa shape index (κ2) is 6.96. The molecule has 2 heterocycles. The van der Waals surface area contributed by atoms with E-state index in [4.69, 9.17) is 10.5 Å². The third-order valence-electron chi connectivity index (χ3n) is 6.14. The molecule has 2 atom stereocenters. The minimum absolute atomic E-state index is 0.00630. The molecule has 1 unspecified atom stereocenters. The molecule has 3 aromatic carbocycles. The van der Waals surface area contributed by atoms with E-state index in [-0.39, 0.29) is 18.5 Å². The van der Waals surface area contributed by atoms with E-state index < -0.39 is 11.1 Å². The van der Waals surface area contributed by atoms with Crippen molar-refractivity contribution in [1.82, 2.24) is 5.32 Å². The number of aliphatic hydroxyl groups excluding tert-OH is 1. The second-order valence-corrected chi connectivity index (χ2v) is 8.25. The molecule has 0 saturated heterocycles. The van der Waals surface area contributed by atoms with Crippen LogP contribution in [0.5, 0.6) is 5.75 Å². The van der Waals surface area contributed by atoms with Gasteiger partial charge in [0.15, 0.2) is 11.5 Å². The molecule has 0 aliphatic carbocycles. The van der Waals surface area contributed by atoms with Gasteiger partial charge in [0.1, 0.15) is 11.4 Å². The molecule has 0 bridgehead atoms. The van der Waals surface area contributed by atoms with Gasteiger partial charge in [-0.3, -0.25) is 10.1 Å². The average Bonchev–Trinajstić information content (AvgIpc) is 3.07. The largest absolute Gasteiger partial charge is 0.482 e. The molecule has 156 valence electrons. The van der Waals surface area contributed by atoms with Gasteiger partial charge in [0.2, 0.25) is 0 Å². The smallest absolute Gasteiger partial charge is 0.259 e. The van der Waals surface area contributed by atoms with Crippen molar-refractivity contribution in [2.45, 2.75) is 31.1 Å². The summed E-state index contributed by atoms with van der Waals surface area (Å²) in [7, 11) is 0. The van der Waals surface area contributed by atoms with Crippen LogP contribution in [0.3, 0.4) is 0 Å². The Kier molecular flexibility index (Phi) is 4.34. The number of aliphatic hydroxyl groups is 1. The molecular weight excluding hydrogens is 390 g/mol. The zero-order valence-electron chi connectivity index (χ0n) is 17.1. The first-order valence-corrected chi connectivity index (χ1v) is 10.2. The summed E-state index contributed by atoms with van der Waals surface area (Å²) in [5.74, 6) is 0.484. The van der Waals surface area contributed by atoms with Gasteiger partial charge in [-0.15, -0.1) is 0 Å². The molecule has 6 nitrogen and oxygen atoms in total. The normalized spacial score (nSPS) is 24.3. The van der Waals surface area contributed by atoms with Crippen molar-refractivity contribution in [3.63, 3.8) is 0 Å². The third kappa shape index (κ3) is 3.07. The predicted molar refractivity (Wildman–Crippen MR) is 118 cm³/mol. The molecule has 6 heteroatoms. The van der Waals surface area contributed by atoms with Crippen molar-refractivity contribution in [1.29, 1.82) is 0 Å². The fraction of sp³-hybridized carbons (Fsp3) is 0.200. The topological polar surface area (TPSA) is 96.9 Å². The molecule has 31 heavy (non-hydrogen) atoms. The van der Waals surface area contributed by atoms with Gasteiger partial charge >= 0.3 is 0 Å². The van der Waals surface area contributed by atoms with Gasteiger partial charge in [-0.05, 0) is 41.3 Å². The van der Waals surface area contributed by atoms with Crippen molar-refractivity contribution < 1.29 is 14.6 Å². The lowest BCUT2D eigenvalue weighted by Crippen LogP contribution is -2.48. The highest BCUT2D eigenvalue weighted by molar-refractivity contribution is 6.07. The fourth-order valence-electron chi connectivity index (χ4n) is 4.54. The number of benzene rings is 3. The molecule has 4 N–H and O–H groups in total. The summed E-state index contributed by atoms with van der Waals surface area (Å²) in [6, 6.07) is 23.3. The quantitative estimate of drug-likeness (QED) is 0.614. The lowest BCUT2D eigenvalue weighted by molar-refractivity contribution is -0.127. The van der Waals surface area contributed by atoms with Crippen LogP contribution in [-0.2, 0) is 22.5 Å². The van der Waals surface area contributed by atoms with Gasteiger partial charge in [-0.2, -0.15) is 0 Å². The number of hydrogen-bond donors (Lipinski definition) is 3. The zero-order chi connectivity index (χ0) is 21.6. The average molecular weight is 413 g/mol. The number of carbonyl (C=O) groups is 1. The monoisotopic (exact) mass is 413 g/mol. The number of fused-ring (bicyclic) bond motifs is 2. The van der Waals surface area contributed by atoms with E-state index in [0.29, 0.717) is 17.7 Å². The van der Waals surface area contributed by atoms with Crippen LogP contribution in [0.4, 0.5) is 0 Å². The molecule has 2 aliphatic rings. The molecular formula is C25H23N3O3. The third-order valence-corrected chi connectivity index (χ3v) is 6.14. The van der Waals surface area contributed by atoms with Gasteiger partial charge in [-0.25, -0.2) is 4.99 Å². The Balaban J connectivity index is 1.66. The van der Waals surface area contributed by atoms with E-state index in [1.165, 1.54) is 0 Å². The number of nitrogens with two attached hydrogens (primary N) is 1. The molecule has 0 saturated carbocycles. The Labute approximate surface area is 180 Å². The summed E-state index contributed by atoms with van der Waals surface area (Å²) in [6.45, 7) is 1.97. The molecule has 1 spiro atoms. The molecule has 5 rings (SSSR count). The number of nitrogens with one attached hydrogen (secondary N) is 1. The van der Waals surface area contributed by atoms with E-state index in [1.54, 1.807) is 0 Å². The van der Waals surface area contributed by atoms with Crippen LogP contribution in [0, 0.1) is 0 Å². The Morgan fingerprint density at radius 2 is 1.77 bits per heavy atom. The van der Waals surface area contributed by atoms with Crippen molar-refractivity contribution in [3.05, 3.63) is 89.5 Å². The lowest BCUT2D eigenvalue weighted by atomic mass is 9.74. The minimum Gasteiger partial charge on any atom is -0.482 e. The van der Waals surface area contributed by atoms with Gasteiger partial charge in [0, 0.05) is 12.0 Å². The van der Waals surface area contributed by atoms with E-state index >= 15 is 0 Å². The predicted octanol–water partition coefficient (Wildman–Crippen LogP) is 3.18. The van der Waals surface area contributed by atoms with Crippen molar-refractivity contribution in [2.75, 3.05) is 0 Å². The van der Waals surface area contributed by atoms with Gasteiger partial charge in [-0.1, -0.05) is 60.7 Å². The molecule has 0 radical (unpaired) electrons. The Morgan fingerprint density at radius 1 is 1.06 bits per heavy atom. The summed E-state index contributed by atoms with van der Waals surface area (Å²) < 4.78 is 6.48. The number of amides is 1. The first-order chi connectivity index (χ1) is 14.9. The summed E-state index contributed by atoms with van der Waals surface area (Å²) in [5, 5.41) is 12.0. The lowest BCUT2D eigenvalue weighted by Gasteiger charge is -2.43. The molecule has 3 aromatic rings. The van der Waals surface area contributed by atoms with Crippen LogP contribution in [0.2, 0.25) is 0 Å². The number of guanidine groups is 1. The minimum atomic E-state index is -1.16. The zero-order valence-corrected chi connectivity index (χ0v) is 17.1. The van der Waals surface area contributed by atoms with Crippen LogP contribution in [-0.4, -0.2) is 17.0 Å². The van der Waals surface area contributed by atoms with E-state index in [9.17, 15) is 9.90 Å². The Hall–Kier alpha value is -3.64. The van der Waals surface area contributed by atoms with Crippen molar-refractivity contribution in [2.24, 2.45) is 10.7 Å². The van der Waals surface area contributed by atoms with Crippen LogP contribution in [0.1, 0.15) is 30.0 Å². The highest BCUT2D eigenvalue weighted by atomic mass is 16.5. The Bertz CT molecular complexity index is 1190. The maximum atomic E-state index is 13.2. The fourth-order valence-corrected chi connectivity index (χ4v) is 4.54. The molecule has 0 fully saturated rings. The highest BCUT2D eigenvalue weighted by Gasteiger charge is 2.55. The Morgan fingerprint density at radius 3 is 2.42 bits per heavy atom. The SMILES string of the molecule is C[C@]1(c2ccccc2)CC2(N=C(N)NC2=O)c2cc(-c3ccc(CO)cc3)ccc2O1. The second-order valence-electron chi connectivity index (χ2n) is 8.25. The van der Waals surface area contributed by atoms with Gasteiger partial charge in [0.25, 0.3) is 5.91 Å². The highest BCUT2D eigenvalue weighted by Crippen LogP contribution is 2.51. The van der Waals surface area contributed by atoms with Crippen molar-refractivity contribution >= 4 is 11.9 Å². The summed E-state index contributed by atoms with van der Waals surface area (Å²) >= 11 is 0. The van der Waals surface area contributed by atoms with E-state index in [2.05, 4.69) is 10.3 Å². The van der Waals surface area contributed by atoms with Gasteiger partial charge in [0.05, 0.1) is 6.61 Å². The number of aliphatic imine (C=N–C) groups is 1.